The molecule has 1 amide bonds. The Bertz CT molecular complexity index is 1350. The first-order valence-electron chi connectivity index (χ1n) is 11.5. The number of amides is 1. The van der Waals surface area contributed by atoms with Gasteiger partial charge in [0.25, 0.3) is 0 Å². The Morgan fingerprint density at radius 1 is 1.03 bits per heavy atom. The van der Waals surface area contributed by atoms with E-state index in [0.717, 1.165) is 4.57 Å². The molecule has 1 aromatic heterocycles. The first kappa shape index (κ1) is 30.0. The smallest absolute Gasteiger partial charge is 0.449 e. The number of nitrogens with zero attached hydrogens (tertiary/aromatic N) is 3. The Labute approximate surface area is 225 Å². The lowest BCUT2D eigenvalue weighted by molar-refractivity contribution is -0.148. The lowest BCUT2D eigenvalue weighted by Crippen LogP contribution is -2.42. The molecule has 2 N–H and O–H groups in total. The van der Waals surface area contributed by atoms with Gasteiger partial charge < -0.3 is 19.9 Å². The van der Waals surface area contributed by atoms with Gasteiger partial charge in [-0.2, -0.15) is 13.2 Å². The molecule has 1 aliphatic heterocycles. The summed E-state index contributed by atoms with van der Waals surface area (Å²) >= 11 is 0. The summed E-state index contributed by atoms with van der Waals surface area (Å²) in [6.07, 6.45) is -5.49. The van der Waals surface area contributed by atoms with Gasteiger partial charge in [0.1, 0.15) is 12.4 Å². The molecular formula is C25H23ClF6N4O3. The van der Waals surface area contributed by atoms with Gasteiger partial charge >= 0.3 is 12.1 Å². The maximum absolute atomic E-state index is 13.9. The number of carbonyl (C=O) groups is 2. The highest BCUT2D eigenvalue weighted by atomic mass is 35.5. The number of aromatic nitrogens is 2. The van der Waals surface area contributed by atoms with Gasteiger partial charge in [-0.1, -0.05) is 30.3 Å². The predicted molar refractivity (Wildman–Crippen MR) is 128 cm³/mol. The minimum atomic E-state index is -4.85. The molecule has 0 aliphatic carbocycles. The third kappa shape index (κ3) is 6.90. The number of halogens is 7. The van der Waals surface area contributed by atoms with Gasteiger partial charge in [0, 0.05) is 31.6 Å². The van der Waals surface area contributed by atoms with Crippen molar-refractivity contribution in [1.82, 2.24) is 14.5 Å². The van der Waals surface area contributed by atoms with E-state index in [4.69, 9.17) is 10.5 Å². The second-order valence-electron chi connectivity index (χ2n) is 8.78. The number of alkyl halides is 3. The van der Waals surface area contributed by atoms with E-state index >= 15 is 0 Å². The molecule has 0 spiro atoms. The van der Waals surface area contributed by atoms with Crippen LogP contribution in [-0.4, -0.2) is 38.9 Å². The summed E-state index contributed by atoms with van der Waals surface area (Å²) in [4.78, 5) is 30.3. The summed E-state index contributed by atoms with van der Waals surface area (Å²) < 4.78 is 87.4. The molecule has 0 radical (unpaired) electrons. The molecule has 1 atom stereocenters. The van der Waals surface area contributed by atoms with Crippen LogP contribution in [0.3, 0.4) is 0 Å². The molecule has 210 valence electrons. The van der Waals surface area contributed by atoms with Crippen LogP contribution in [-0.2, 0) is 41.8 Å². The van der Waals surface area contributed by atoms with Crippen molar-refractivity contribution in [2.75, 3.05) is 6.54 Å². The van der Waals surface area contributed by atoms with E-state index in [1.54, 1.807) is 30.3 Å². The normalized spacial score (nSPS) is 13.9. The molecule has 7 nitrogen and oxygen atoms in total. The fraction of sp³-hybridized carbons (Fsp3) is 0.320. The number of nitrogens with two attached hydrogens (primary N) is 1. The number of carbonyl (C=O) groups excluding carboxylic acids is 2. The quantitative estimate of drug-likeness (QED) is 0.256. The molecule has 3 aromatic rings. The van der Waals surface area contributed by atoms with E-state index in [0.29, 0.717) is 17.7 Å². The van der Waals surface area contributed by atoms with Gasteiger partial charge in [0.15, 0.2) is 17.3 Å². The lowest BCUT2D eigenvalue weighted by Gasteiger charge is -2.30. The van der Waals surface area contributed by atoms with E-state index in [1.165, 1.54) is 4.90 Å². The van der Waals surface area contributed by atoms with E-state index < -0.39 is 53.1 Å². The average molecular weight is 577 g/mol. The maximum Gasteiger partial charge on any atom is 0.449 e. The van der Waals surface area contributed by atoms with Crippen molar-refractivity contribution >= 4 is 24.3 Å². The topological polar surface area (TPSA) is 90.5 Å². The van der Waals surface area contributed by atoms with Crippen LogP contribution in [0.2, 0.25) is 0 Å². The summed E-state index contributed by atoms with van der Waals surface area (Å²) in [5.74, 6) is -6.59. The second-order valence-corrected chi connectivity index (χ2v) is 8.78. The molecule has 1 aliphatic rings. The zero-order chi connectivity index (χ0) is 27.6. The summed E-state index contributed by atoms with van der Waals surface area (Å²) in [5, 5.41) is 0. The van der Waals surface area contributed by atoms with Crippen LogP contribution >= 0.6 is 12.4 Å². The van der Waals surface area contributed by atoms with Crippen molar-refractivity contribution in [3.8, 4) is 0 Å². The van der Waals surface area contributed by atoms with Gasteiger partial charge in [-0.25, -0.2) is 22.9 Å². The van der Waals surface area contributed by atoms with E-state index in [9.17, 15) is 35.9 Å². The van der Waals surface area contributed by atoms with Crippen LogP contribution < -0.4 is 5.73 Å². The Balaban J connectivity index is 0.00000420. The molecule has 14 heteroatoms. The molecule has 0 fully saturated rings. The van der Waals surface area contributed by atoms with Gasteiger partial charge in [0.2, 0.25) is 11.7 Å². The van der Waals surface area contributed by atoms with Crippen LogP contribution in [0, 0.1) is 17.5 Å². The number of ether oxygens (including phenoxy) is 1. The molecule has 0 bridgehead atoms. The highest BCUT2D eigenvalue weighted by Gasteiger charge is 2.42. The van der Waals surface area contributed by atoms with Gasteiger partial charge in [-0.05, 0) is 23.6 Å². The Hall–Kier alpha value is -3.58. The monoisotopic (exact) mass is 576 g/mol. The molecule has 4 rings (SSSR count). The molecule has 39 heavy (non-hydrogen) atoms. The second kappa shape index (κ2) is 12.1. The van der Waals surface area contributed by atoms with Crippen molar-refractivity contribution in [3.05, 3.63) is 88.3 Å². The van der Waals surface area contributed by atoms with Crippen molar-refractivity contribution in [2.45, 2.75) is 44.8 Å². The molecule has 0 saturated heterocycles. The predicted octanol–water partition coefficient (Wildman–Crippen LogP) is 4.40. The SMILES string of the molecule is Cl.N[C@@H](CC(=O)N1CCn2c(C(F)(F)F)nc(C(=O)OCc3ccccc3)c2C1)Cc1cc(F)c(F)cc1F. The van der Waals surface area contributed by atoms with Crippen molar-refractivity contribution in [3.63, 3.8) is 0 Å². The minimum Gasteiger partial charge on any atom is -0.456 e. The number of benzene rings is 2. The van der Waals surface area contributed by atoms with Crippen molar-refractivity contribution < 1.29 is 40.7 Å². The third-order valence-electron chi connectivity index (χ3n) is 6.03. The van der Waals surface area contributed by atoms with Gasteiger partial charge in [-0.3, -0.25) is 4.79 Å². The molecule has 0 unspecified atom stereocenters. The number of hydrogen-bond donors (Lipinski definition) is 1. The van der Waals surface area contributed by atoms with E-state index in [-0.39, 0.29) is 62.7 Å². The van der Waals surface area contributed by atoms with Crippen LogP contribution in [0.15, 0.2) is 42.5 Å². The zero-order valence-corrected chi connectivity index (χ0v) is 21.0. The van der Waals surface area contributed by atoms with E-state index in [1.807, 2.05) is 0 Å². The van der Waals surface area contributed by atoms with Crippen molar-refractivity contribution in [1.29, 1.82) is 0 Å². The van der Waals surface area contributed by atoms with Crippen LogP contribution in [0.4, 0.5) is 26.3 Å². The summed E-state index contributed by atoms with van der Waals surface area (Å²) in [7, 11) is 0. The summed E-state index contributed by atoms with van der Waals surface area (Å²) in [6.45, 7) is -0.979. The minimum absolute atomic E-state index is 0. The highest BCUT2D eigenvalue weighted by Crippen LogP contribution is 2.33. The summed E-state index contributed by atoms with van der Waals surface area (Å²) in [6, 6.07) is 8.55. The number of fused-ring (bicyclic) bond motifs is 1. The summed E-state index contributed by atoms with van der Waals surface area (Å²) in [5.41, 5.74) is 5.62. The molecular weight excluding hydrogens is 554 g/mol. The zero-order valence-electron chi connectivity index (χ0n) is 20.2. The first-order valence-corrected chi connectivity index (χ1v) is 11.5. The highest BCUT2D eigenvalue weighted by molar-refractivity contribution is 5.89. The average Bonchev–Trinajstić information content (AvgIpc) is 3.26. The lowest BCUT2D eigenvalue weighted by atomic mass is 10.0. The number of esters is 1. The first-order chi connectivity index (χ1) is 17.9. The Morgan fingerprint density at radius 3 is 2.36 bits per heavy atom. The Kier molecular flexibility index (Phi) is 9.28. The number of rotatable bonds is 7. The fourth-order valence-corrected chi connectivity index (χ4v) is 4.18. The maximum atomic E-state index is 13.9. The number of imidazole rings is 1. The fourth-order valence-electron chi connectivity index (χ4n) is 4.18. The number of hydrogen-bond acceptors (Lipinski definition) is 5. The van der Waals surface area contributed by atoms with Crippen LogP contribution in [0.5, 0.6) is 0 Å². The molecule has 2 heterocycles. The van der Waals surface area contributed by atoms with Gasteiger partial charge in [0.05, 0.1) is 12.2 Å². The van der Waals surface area contributed by atoms with E-state index in [2.05, 4.69) is 4.98 Å². The third-order valence-corrected chi connectivity index (χ3v) is 6.03. The van der Waals surface area contributed by atoms with Crippen LogP contribution in [0.1, 0.15) is 39.6 Å². The van der Waals surface area contributed by atoms with Gasteiger partial charge in [-0.15, -0.1) is 12.4 Å². The standard InChI is InChI=1S/C25H22F6N4O3.ClH/c26-17-11-19(28)18(27)9-15(17)8-16(32)10-21(36)34-6-7-35-20(12-34)22(33-24(35)25(29,30)31)23(37)38-13-14-4-2-1-3-5-14;/h1-5,9,11,16H,6-8,10,12-13,32H2;1H/t16-;/m1./s1. The molecule has 2 aromatic carbocycles. The molecule has 0 saturated carbocycles. The Morgan fingerprint density at radius 2 is 1.69 bits per heavy atom. The van der Waals surface area contributed by atoms with Crippen molar-refractivity contribution in [2.24, 2.45) is 5.73 Å². The van der Waals surface area contributed by atoms with Crippen LogP contribution in [0.25, 0.3) is 0 Å². The largest absolute Gasteiger partial charge is 0.456 e.